The molecule has 1 N–H and O–H groups in total. The zero-order valence-electron chi connectivity index (χ0n) is 10.7. The van der Waals surface area contributed by atoms with Gasteiger partial charge in [0.15, 0.2) is 0 Å². The lowest BCUT2D eigenvalue weighted by atomic mass is 10.1. The third-order valence-corrected chi connectivity index (χ3v) is 5.18. The first-order valence-corrected chi connectivity index (χ1v) is 7.90. The van der Waals surface area contributed by atoms with Crippen molar-refractivity contribution in [2.45, 2.75) is 56.9 Å². The number of likely N-dealkylation sites (tertiary alicyclic amines) is 1. The van der Waals surface area contributed by atoms with E-state index in [1.807, 2.05) is 0 Å². The second kappa shape index (κ2) is 6.27. The molecule has 2 aliphatic heterocycles. The molecular weight excluding hydrogens is 216 g/mol. The van der Waals surface area contributed by atoms with E-state index < -0.39 is 0 Å². The van der Waals surface area contributed by atoms with E-state index in [9.17, 15) is 0 Å². The molecule has 2 fully saturated rings. The normalized spacial score (nSPS) is 34.1. The van der Waals surface area contributed by atoms with Crippen LogP contribution in [0, 0.1) is 0 Å². The predicted molar refractivity (Wildman–Crippen MR) is 73.2 cm³/mol. The molecule has 2 heterocycles. The van der Waals surface area contributed by atoms with Gasteiger partial charge in [0, 0.05) is 23.9 Å². The molecule has 0 spiro atoms. The maximum atomic E-state index is 3.81. The molecule has 3 heteroatoms. The largest absolute Gasteiger partial charge is 0.309 e. The van der Waals surface area contributed by atoms with E-state index >= 15 is 0 Å². The van der Waals surface area contributed by atoms with Gasteiger partial charge < -0.3 is 10.2 Å². The fourth-order valence-electron chi connectivity index (χ4n) is 2.90. The molecule has 0 aliphatic carbocycles. The Morgan fingerprint density at radius 2 is 2.06 bits per heavy atom. The Labute approximate surface area is 105 Å². The molecule has 0 aromatic carbocycles. The second-order valence-electron chi connectivity index (χ2n) is 5.40. The third kappa shape index (κ3) is 3.64. The summed E-state index contributed by atoms with van der Waals surface area (Å²) in [6.45, 7) is 8.60. The fourth-order valence-corrected chi connectivity index (χ4v) is 4.11. The van der Waals surface area contributed by atoms with Crippen LogP contribution in [0.25, 0.3) is 0 Å². The van der Waals surface area contributed by atoms with E-state index in [0.29, 0.717) is 6.04 Å². The van der Waals surface area contributed by atoms with Crippen molar-refractivity contribution in [1.82, 2.24) is 10.2 Å². The van der Waals surface area contributed by atoms with Crippen molar-refractivity contribution in [3.63, 3.8) is 0 Å². The van der Waals surface area contributed by atoms with E-state index in [1.54, 1.807) is 0 Å². The first-order chi connectivity index (χ1) is 7.75. The van der Waals surface area contributed by atoms with E-state index in [2.05, 4.69) is 35.8 Å². The summed E-state index contributed by atoms with van der Waals surface area (Å²) in [6.07, 6.45) is 5.61. The summed E-state index contributed by atoms with van der Waals surface area (Å²) in [6, 6.07) is 1.41. The van der Waals surface area contributed by atoms with Crippen LogP contribution in [0.2, 0.25) is 0 Å². The zero-order valence-corrected chi connectivity index (χ0v) is 11.6. The number of piperidine rings is 1. The van der Waals surface area contributed by atoms with E-state index in [0.717, 1.165) is 11.3 Å². The minimum Gasteiger partial charge on any atom is -0.309 e. The summed E-state index contributed by atoms with van der Waals surface area (Å²) in [4.78, 5) is 2.63. The van der Waals surface area contributed by atoms with E-state index in [-0.39, 0.29) is 0 Å². The van der Waals surface area contributed by atoms with Crippen LogP contribution < -0.4 is 5.32 Å². The lowest BCUT2D eigenvalue weighted by Gasteiger charge is -2.31. The minimum absolute atomic E-state index is 0.657. The number of thioether (sulfide) groups is 1. The molecule has 0 aromatic heterocycles. The highest BCUT2D eigenvalue weighted by Gasteiger charge is 2.25. The Balaban J connectivity index is 1.68. The summed E-state index contributed by atoms with van der Waals surface area (Å²) in [7, 11) is 0. The number of nitrogens with zero attached hydrogens (tertiary/aromatic N) is 1. The molecule has 2 rings (SSSR count). The standard InChI is InChI=1S/C13H26N2S/c1-11(10-15-7-4-3-5-8-15)14-13-6-9-16-12(13)2/h11-14H,3-10H2,1-2H3. The average molecular weight is 242 g/mol. The summed E-state index contributed by atoms with van der Waals surface area (Å²) >= 11 is 2.12. The first kappa shape index (κ1) is 12.7. The molecule has 3 unspecified atom stereocenters. The van der Waals surface area contributed by atoms with Gasteiger partial charge in [-0.05, 0) is 45.0 Å². The molecule has 2 nitrogen and oxygen atoms in total. The Kier molecular flexibility index (Phi) is 4.98. The van der Waals surface area contributed by atoms with Crippen LogP contribution in [-0.4, -0.2) is 47.6 Å². The Bertz CT molecular complexity index is 204. The maximum Gasteiger partial charge on any atom is 0.0194 e. The molecule has 0 saturated carbocycles. The molecule has 0 bridgehead atoms. The zero-order chi connectivity index (χ0) is 11.4. The monoisotopic (exact) mass is 242 g/mol. The topological polar surface area (TPSA) is 15.3 Å². The SMILES string of the molecule is CC(CN1CCCCC1)NC1CCSC1C. The summed E-state index contributed by atoms with van der Waals surface area (Å²) in [5.74, 6) is 1.34. The van der Waals surface area contributed by atoms with Crippen molar-refractivity contribution in [3.8, 4) is 0 Å². The molecule has 3 atom stereocenters. The minimum atomic E-state index is 0.657. The van der Waals surface area contributed by atoms with Gasteiger partial charge in [-0.1, -0.05) is 13.3 Å². The van der Waals surface area contributed by atoms with E-state index in [4.69, 9.17) is 0 Å². The van der Waals surface area contributed by atoms with Crippen molar-refractivity contribution in [2.75, 3.05) is 25.4 Å². The summed E-state index contributed by atoms with van der Waals surface area (Å²) in [5.41, 5.74) is 0. The van der Waals surface area contributed by atoms with Crippen LogP contribution in [-0.2, 0) is 0 Å². The Morgan fingerprint density at radius 3 is 2.69 bits per heavy atom. The molecule has 0 aromatic rings. The van der Waals surface area contributed by atoms with Crippen LogP contribution in [0.4, 0.5) is 0 Å². The maximum absolute atomic E-state index is 3.81. The number of hydrogen-bond donors (Lipinski definition) is 1. The summed E-state index contributed by atoms with van der Waals surface area (Å²) < 4.78 is 0. The molecule has 2 aliphatic rings. The van der Waals surface area contributed by atoms with Gasteiger partial charge >= 0.3 is 0 Å². The Morgan fingerprint density at radius 1 is 1.31 bits per heavy atom. The summed E-state index contributed by atoms with van der Waals surface area (Å²) in [5, 5.41) is 4.62. The van der Waals surface area contributed by atoms with Gasteiger partial charge in [-0.2, -0.15) is 11.8 Å². The van der Waals surface area contributed by atoms with Crippen LogP contribution in [0.3, 0.4) is 0 Å². The third-order valence-electron chi connectivity index (χ3n) is 3.86. The second-order valence-corrected chi connectivity index (χ2v) is 6.89. The van der Waals surface area contributed by atoms with Gasteiger partial charge in [-0.25, -0.2) is 0 Å². The number of hydrogen-bond acceptors (Lipinski definition) is 3. The quantitative estimate of drug-likeness (QED) is 0.814. The Hall–Kier alpha value is 0.270. The van der Waals surface area contributed by atoms with Gasteiger partial charge in [-0.15, -0.1) is 0 Å². The van der Waals surface area contributed by atoms with Gasteiger partial charge in [-0.3, -0.25) is 0 Å². The average Bonchev–Trinajstić information content (AvgIpc) is 2.66. The van der Waals surface area contributed by atoms with Crippen molar-refractivity contribution < 1.29 is 0 Å². The van der Waals surface area contributed by atoms with Crippen LogP contribution in [0.1, 0.15) is 39.5 Å². The van der Waals surface area contributed by atoms with Crippen molar-refractivity contribution in [3.05, 3.63) is 0 Å². The smallest absolute Gasteiger partial charge is 0.0194 e. The van der Waals surface area contributed by atoms with E-state index in [1.165, 1.54) is 51.1 Å². The first-order valence-electron chi connectivity index (χ1n) is 6.85. The van der Waals surface area contributed by atoms with Crippen molar-refractivity contribution >= 4 is 11.8 Å². The fraction of sp³-hybridized carbons (Fsp3) is 1.00. The van der Waals surface area contributed by atoms with Crippen molar-refractivity contribution in [1.29, 1.82) is 0 Å². The number of nitrogens with one attached hydrogen (secondary N) is 1. The van der Waals surface area contributed by atoms with Gasteiger partial charge in [0.05, 0.1) is 0 Å². The van der Waals surface area contributed by atoms with Crippen LogP contribution in [0.15, 0.2) is 0 Å². The molecule has 0 radical (unpaired) electrons. The molecule has 16 heavy (non-hydrogen) atoms. The molecular formula is C13H26N2S. The highest BCUT2D eigenvalue weighted by molar-refractivity contribution is 8.00. The highest BCUT2D eigenvalue weighted by atomic mass is 32.2. The molecule has 0 amide bonds. The van der Waals surface area contributed by atoms with Crippen molar-refractivity contribution in [2.24, 2.45) is 0 Å². The molecule has 94 valence electrons. The lowest BCUT2D eigenvalue weighted by molar-refractivity contribution is 0.204. The lowest BCUT2D eigenvalue weighted by Crippen LogP contribution is -2.46. The number of rotatable bonds is 4. The highest BCUT2D eigenvalue weighted by Crippen LogP contribution is 2.26. The van der Waals surface area contributed by atoms with Gasteiger partial charge in [0.2, 0.25) is 0 Å². The van der Waals surface area contributed by atoms with Crippen LogP contribution in [0.5, 0.6) is 0 Å². The predicted octanol–water partition coefficient (Wildman–Crippen LogP) is 2.34. The van der Waals surface area contributed by atoms with Gasteiger partial charge in [0.1, 0.15) is 0 Å². The molecule has 2 saturated heterocycles. The van der Waals surface area contributed by atoms with Crippen LogP contribution >= 0.6 is 11.8 Å². The van der Waals surface area contributed by atoms with Gasteiger partial charge in [0.25, 0.3) is 0 Å².